The summed E-state index contributed by atoms with van der Waals surface area (Å²) in [6, 6.07) is 7.30. The van der Waals surface area contributed by atoms with Crippen LogP contribution in [-0.4, -0.2) is 31.3 Å². The van der Waals surface area contributed by atoms with E-state index in [2.05, 4.69) is 5.32 Å². The molecular weight excluding hydrogens is 244 g/mol. The van der Waals surface area contributed by atoms with Crippen LogP contribution >= 0.6 is 0 Å². The topological polar surface area (TPSA) is 73.6 Å². The van der Waals surface area contributed by atoms with E-state index in [1.54, 1.807) is 12.1 Å². The molecule has 0 spiro atoms. The van der Waals surface area contributed by atoms with E-state index in [-0.39, 0.29) is 18.1 Å². The Labute approximate surface area is 113 Å². The average Bonchev–Trinajstić information content (AvgIpc) is 2.75. The summed E-state index contributed by atoms with van der Waals surface area (Å²) in [5, 5.41) is 2.96. The predicted octanol–water partition coefficient (Wildman–Crippen LogP) is 1.33. The normalized spacial score (nSPS) is 22.2. The molecule has 5 nitrogen and oxygen atoms in total. The van der Waals surface area contributed by atoms with Gasteiger partial charge in [0.15, 0.2) is 0 Å². The SMILES string of the molecule is CC1OCCC1NC(=O)CCOc1cccc(N)c1. The van der Waals surface area contributed by atoms with E-state index in [0.29, 0.717) is 31.1 Å². The number of carbonyl (C=O) groups excluding carboxylic acids is 1. The largest absolute Gasteiger partial charge is 0.493 e. The molecule has 0 radical (unpaired) electrons. The number of ether oxygens (including phenoxy) is 2. The number of carbonyl (C=O) groups is 1. The van der Waals surface area contributed by atoms with Crippen molar-refractivity contribution in [2.24, 2.45) is 0 Å². The minimum Gasteiger partial charge on any atom is -0.493 e. The molecule has 0 aliphatic carbocycles. The smallest absolute Gasteiger partial charge is 0.223 e. The zero-order valence-electron chi connectivity index (χ0n) is 11.1. The maximum atomic E-state index is 11.7. The minimum absolute atomic E-state index is 0.00810. The van der Waals surface area contributed by atoms with E-state index in [9.17, 15) is 4.79 Å². The number of anilines is 1. The fourth-order valence-electron chi connectivity index (χ4n) is 2.07. The summed E-state index contributed by atoms with van der Waals surface area (Å²) < 4.78 is 10.9. The number of nitrogen functional groups attached to an aromatic ring is 1. The van der Waals surface area contributed by atoms with Crippen molar-refractivity contribution in [1.29, 1.82) is 0 Å². The van der Waals surface area contributed by atoms with E-state index in [1.807, 2.05) is 19.1 Å². The second kappa shape index (κ2) is 6.43. The summed E-state index contributed by atoms with van der Waals surface area (Å²) in [5.41, 5.74) is 6.29. The third kappa shape index (κ3) is 4.13. The molecular formula is C14H20N2O3. The zero-order chi connectivity index (χ0) is 13.7. The van der Waals surface area contributed by atoms with Crippen molar-refractivity contribution in [2.75, 3.05) is 18.9 Å². The lowest BCUT2D eigenvalue weighted by Crippen LogP contribution is -2.39. The highest BCUT2D eigenvalue weighted by Gasteiger charge is 2.25. The number of nitrogens with one attached hydrogen (secondary N) is 1. The van der Waals surface area contributed by atoms with Crippen LogP contribution in [0.2, 0.25) is 0 Å². The van der Waals surface area contributed by atoms with Crippen LogP contribution in [0, 0.1) is 0 Å². The first kappa shape index (κ1) is 13.7. The molecule has 1 saturated heterocycles. The second-order valence-electron chi connectivity index (χ2n) is 4.71. The number of hydrogen-bond acceptors (Lipinski definition) is 4. The van der Waals surface area contributed by atoms with Gasteiger partial charge in [0.1, 0.15) is 5.75 Å². The summed E-state index contributed by atoms with van der Waals surface area (Å²) in [4.78, 5) is 11.7. The molecule has 1 heterocycles. The molecule has 2 rings (SSSR count). The van der Waals surface area contributed by atoms with Gasteiger partial charge in [-0.15, -0.1) is 0 Å². The molecule has 2 unspecified atom stereocenters. The van der Waals surface area contributed by atoms with Gasteiger partial charge in [0.05, 0.1) is 25.2 Å². The van der Waals surface area contributed by atoms with Crippen molar-refractivity contribution in [3.8, 4) is 5.75 Å². The molecule has 0 aromatic heterocycles. The Hall–Kier alpha value is -1.75. The standard InChI is InChI=1S/C14H20N2O3/c1-10-13(5-7-18-10)16-14(17)6-8-19-12-4-2-3-11(15)9-12/h2-4,9-10,13H,5-8,15H2,1H3,(H,16,17). The van der Waals surface area contributed by atoms with E-state index in [1.165, 1.54) is 0 Å². The fraction of sp³-hybridized carbons (Fsp3) is 0.500. The van der Waals surface area contributed by atoms with Crippen LogP contribution < -0.4 is 15.8 Å². The third-order valence-electron chi connectivity index (χ3n) is 3.18. The van der Waals surface area contributed by atoms with Gasteiger partial charge in [0, 0.05) is 18.4 Å². The van der Waals surface area contributed by atoms with Crippen molar-refractivity contribution in [3.63, 3.8) is 0 Å². The van der Waals surface area contributed by atoms with Gasteiger partial charge < -0.3 is 20.5 Å². The number of hydrogen-bond donors (Lipinski definition) is 2. The Balaban J connectivity index is 1.69. The van der Waals surface area contributed by atoms with Gasteiger partial charge in [-0.3, -0.25) is 4.79 Å². The first-order chi connectivity index (χ1) is 9.15. The van der Waals surface area contributed by atoms with Gasteiger partial charge in [0.2, 0.25) is 5.91 Å². The highest BCUT2D eigenvalue weighted by Crippen LogP contribution is 2.15. The van der Waals surface area contributed by atoms with Crippen molar-refractivity contribution in [2.45, 2.75) is 31.9 Å². The first-order valence-electron chi connectivity index (χ1n) is 6.54. The van der Waals surface area contributed by atoms with Gasteiger partial charge in [-0.1, -0.05) is 6.07 Å². The first-order valence-corrected chi connectivity index (χ1v) is 6.54. The predicted molar refractivity (Wildman–Crippen MR) is 72.9 cm³/mol. The molecule has 2 atom stereocenters. The molecule has 0 saturated carbocycles. The van der Waals surface area contributed by atoms with E-state index >= 15 is 0 Å². The molecule has 0 bridgehead atoms. The third-order valence-corrected chi connectivity index (χ3v) is 3.18. The molecule has 3 N–H and O–H groups in total. The lowest BCUT2D eigenvalue weighted by atomic mass is 10.1. The maximum Gasteiger partial charge on any atom is 0.223 e. The zero-order valence-corrected chi connectivity index (χ0v) is 11.1. The van der Waals surface area contributed by atoms with Gasteiger partial charge >= 0.3 is 0 Å². The average molecular weight is 264 g/mol. The molecule has 1 amide bonds. The van der Waals surface area contributed by atoms with Crippen LogP contribution in [0.3, 0.4) is 0 Å². The Kier molecular flexibility index (Phi) is 4.63. The molecule has 1 aromatic carbocycles. The van der Waals surface area contributed by atoms with Crippen LogP contribution in [0.5, 0.6) is 5.75 Å². The number of benzene rings is 1. The van der Waals surface area contributed by atoms with Gasteiger partial charge in [-0.25, -0.2) is 0 Å². The number of rotatable bonds is 5. The van der Waals surface area contributed by atoms with Crippen LogP contribution in [0.1, 0.15) is 19.8 Å². The number of nitrogens with two attached hydrogens (primary N) is 1. The monoisotopic (exact) mass is 264 g/mol. The molecule has 19 heavy (non-hydrogen) atoms. The molecule has 1 fully saturated rings. The van der Waals surface area contributed by atoms with Gasteiger partial charge in [0.25, 0.3) is 0 Å². The highest BCUT2D eigenvalue weighted by atomic mass is 16.5. The summed E-state index contributed by atoms with van der Waals surface area (Å²) in [6.45, 7) is 3.03. The Morgan fingerprint density at radius 1 is 1.58 bits per heavy atom. The summed E-state index contributed by atoms with van der Waals surface area (Å²) >= 11 is 0. The quantitative estimate of drug-likeness (QED) is 0.787. The van der Waals surface area contributed by atoms with Crippen molar-refractivity contribution < 1.29 is 14.3 Å². The number of amides is 1. The van der Waals surface area contributed by atoms with Gasteiger partial charge in [-0.2, -0.15) is 0 Å². The fourth-order valence-corrected chi connectivity index (χ4v) is 2.07. The summed E-state index contributed by atoms with van der Waals surface area (Å²) in [5.74, 6) is 0.677. The molecule has 1 aromatic rings. The van der Waals surface area contributed by atoms with E-state index in [4.69, 9.17) is 15.2 Å². The Morgan fingerprint density at radius 3 is 3.11 bits per heavy atom. The van der Waals surface area contributed by atoms with Crippen LogP contribution in [0.15, 0.2) is 24.3 Å². The molecule has 1 aliphatic heterocycles. The van der Waals surface area contributed by atoms with Crippen LogP contribution in [0.4, 0.5) is 5.69 Å². The van der Waals surface area contributed by atoms with Crippen molar-refractivity contribution >= 4 is 11.6 Å². The van der Waals surface area contributed by atoms with Crippen LogP contribution in [0.25, 0.3) is 0 Å². The van der Waals surface area contributed by atoms with Gasteiger partial charge in [-0.05, 0) is 25.5 Å². The summed E-state index contributed by atoms with van der Waals surface area (Å²) in [6.07, 6.45) is 1.31. The summed E-state index contributed by atoms with van der Waals surface area (Å²) in [7, 11) is 0. The minimum atomic E-state index is -0.00810. The molecule has 104 valence electrons. The van der Waals surface area contributed by atoms with Crippen molar-refractivity contribution in [3.05, 3.63) is 24.3 Å². The van der Waals surface area contributed by atoms with E-state index in [0.717, 1.165) is 6.42 Å². The Morgan fingerprint density at radius 2 is 2.42 bits per heavy atom. The lowest BCUT2D eigenvalue weighted by Gasteiger charge is -2.16. The van der Waals surface area contributed by atoms with Crippen molar-refractivity contribution in [1.82, 2.24) is 5.32 Å². The highest BCUT2D eigenvalue weighted by molar-refractivity contribution is 5.76. The second-order valence-corrected chi connectivity index (χ2v) is 4.71. The Bertz CT molecular complexity index is 436. The molecule has 1 aliphatic rings. The lowest BCUT2D eigenvalue weighted by molar-refractivity contribution is -0.122. The molecule has 5 heteroatoms. The van der Waals surface area contributed by atoms with Crippen LogP contribution in [-0.2, 0) is 9.53 Å². The maximum absolute atomic E-state index is 11.7. The van der Waals surface area contributed by atoms with E-state index < -0.39 is 0 Å².